The molecule has 1 aliphatic carbocycles. The number of unbranched alkanes of at least 4 members (excludes halogenated alkanes) is 16. The zero-order valence-electron chi connectivity index (χ0n) is 26.6. The second kappa shape index (κ2) is 19.7. The number of hydrogen-bond acceptors (Lipinski definition) is 5. The van der Waals surface area contributed by atoms with Gasteiger partial charge in [0, 0.05) is 31.9 Å². The lowest BCUT2D eigenvalue weighted by Crippen LogP contribution is -2.54. The largest absolute Gasteiger partial charge is 0.459 e. The van der Waals surface area contributed by atoms with Gasteiger partial charge in [0.1, 0.15) is 6.10 Å². The maximum absolute atomic E-state index is 14.2. The fourth-order valence-electron chi connectivity index (χ4n) is 6.51. The quantitative estimate of drug-likeness (QED) is 0.101. The SMILES string of the molecule is CCCCCCCCCCCCCCCCCCC[C@]1(O)C[C@@H](O)C[C@H](OC(=O)[C@@](OC)(c2ccccc2)C(F)(F)F)C1. The maximum Gasteiger partial charge on any atom is 0.432 e. The van der Waals surface area contributed by atoms with Crippen LogP contribution in [0.5, 0.6) is 0 Å². The van der Waals surface area contributed by atoms with Gasteiger partial charge in [-0.3, -0.25) is 0 Å². The van der Waals surface area contributed by atoms with Crippen molar-refractivity contribution < 1.29 is 37.7 Å². The molecule has 1 aliphatic rings. The van der Waals surface area contributed by atoms with Crippen LogP contribution in [0.4, 0.5) is 13.2 Å². The summed E-state index contributed by atoms with van der Waals surface area (Å²) in [5.41, 5.74) is -4.97. The number of hydrogen-bond donors (Lipinski definition) is 2. The van der Waals surface area contributed by atoms with E-state index in [0.29, 0.717) is 6.42 Å². The summed E-state index contributed by atoms with van der Waals surface area (Å²) in [4.78, 5) is 13.0. The molecule has 4 atom stereocenters. The standard InChI is InChI=1S/C35H57F3O5/c1-3-4-5-6-7-8-9-10-11-12-13-14-15-16-17-18-22-25-33(41)27-30(39)26-31(28-33)43-32(40)34(42-2,35(36,37)38)29-23-20-19-21-24-29/h19-21,23-24,30-31,39,41H,3-18,22,25-28H2,1-2H3/t30-,31-,33-,34-/m0/s1. The number of aliphatic hydroxyl groups is 2. The summed E-state index contributed by atoms with van der Waals surface area (Å²) in [6, 6.07) is 6.67. The number of carbonyl (C=O) groups excluding carboxylic acids is 1. The number of esters is 1. The molecule has 0 spiro atoms. The number of alkyl halides is 3. The van der Waals surface area contributed by atoms with Gasteiger partial charge in [0.05, 0.1) is 11.7 Å². The van der Waals surface area contributed by atoms with Crippen molar-refractivity contribution in [3.05, 3.63) is 35.9 Å². The minimum absolute atomic E-state index is 0.0128. The molecule has 0 unspecified atom stereocenters. The first-order valence-electron chi connectivity index (χ1n) is 16.9. The Morgan fingerprint density at radius 2 is 1.28 bits per heavy atom. The summed E-state index contributed by atoms with van der Waals surface area (Å²) in [7, 11) is 0.825. The lowest BCUT2D eigenvalue weighted by Gasteiger charge is -2.40. The van der Waals surface area contributed by atoms with Gasteiger partial charge in [-0.2, -0.15) is 13.2 Å². The van der Waals surface area contributed by atoms with Gasteiger partial charge in [0.15, 0.2) is 0 Å². The number of benzene rings is 1. The van der Waals surface area contributed by atoms with Crippen LogP contribution in [0, 0.1) is 0 Å². The van der Waals surface area contributed by atoms with Crippen LogP contribution in [0.3, 0.4) is 0 Å². The number of halogens is 3. The highest BCUT2D eigenvalue weighted by Gasteiger charge is 2.64. The van der Waals surface area contributed by atoms with Gasteiger partial charge in [-0.1, -0.05) is 146 Å². The second-order valence-corrected chi connectivity index (χ2v) is 12.7. The zero-order chi connectivity index (χ0) is 31.6. The van der Waals surface area contributed by atoms with Gasteiger partial charge in [-0.25, -0.2) is 4.79 Å². The lowest BCUT2D eigenvalue weighted by atomic mass is 9.78. The summed E-state index contributed by atoms with van der Waals surface area (Å²) in [6.45, 7) is 2.25. The topological polar surface area (TPSA) is 76.0 Å². The van der Waals surface area contributed by atoms with E-state index in [0.717, 1.165) is 32.8 Å². The van der Waals surface area contributed by atoms with E-state index in [-0.39, 0.29) is 24.8 Å². The number of aliphatic hydroxyl groups excluding tert-OH is 1. The van der Waals surface area contributed by atoms with Crippen LogP contribution in [-0.2, 0) is 19.9 Å². The summed E-state index contributed by atoms with van der Waals surface area (Å²) in [5, 5.41) is 21.6. The molecule has 0 aromatic heterocycles. The molecule has 1 saturated carbocycles. The number of rotatable bonds is 22. The molecule has 1 fully saturated rings. The highest BCUT2D eigenvalue weighted by Crippen LogP contribution is 2.44. The average Bonchev–Trinajstić information content (AvgIpc) is 2.94. The van der Waals surface area contributed by atoms with Crippen molar-refractivity contribution in [2.75, 3.05) is 7.11 Å². The highest BCUT2D eigenvalue weighted by molar-refractivity contribution is 5.82. The minimum Gasteiger partial charge on any atom is -0.459 e. The van der Waals surface area contributed by atoms with Gasteiger partial charge in [-0.15, -0.1) is 0 Å². The number of methoxy groups -OCH3 is 1. The van der Waals surface area contributed by atoms with Crippen LogP contribution in [0.2, 0.25) is 0 Å². The fourth-order valence-corrected chi connectivity index (χ4v) is 6.51. The van der Waals surface area contributed by atoms with Gasteiger partial charge >= 0.3 is 12.1 Å². The van der Waals surface area contributed by atoms with Crippen molar-refractivity contribution in [2.45, 2.75) is 171 Å². The molecular weight excluding hydrogens is 557 g/mol. The first kappa shape index (κ1) is 37.5. The molecule has 0 aliphatic heterocycles. The first-order valence-corrected chi connectivity index (χ1v) is 16.9. The van der Waals surface area contributed by atoms with Gasteiger partial charge in [-0.05, 0) is 6.42 Å². The summed E-state index contributed by atoms with van der Waals surface area (Å²) in [5.74, 6) is -1.59. The number of carbonyl (C=O) groups is 1. The van der Waals surface area contributed by atoms with Crippen molar-refractivity contribution in [2.24, 2.45) is 0 Å². The molecule has 0 radical (unpaired) electrons. The van der Waals surface area contributed by atoms with Crippen molar-refractivity contribution in [1.82, 2.24) is 0 Å². The van der Waals surface area contributed by atoms with Gasteiger partial charge in [0.25, 0.3) is 5.60 Å². The Bertz CT molecular complexity index is 880. The molecule has 1 aromatic rings. The molecular formula is C35H57F3O5. The van der Waals surface area contributed by atoms with Crippen molar-refractivity contribution in [1.29, 1.82) is 0 Å². The molecule has 5 nitrogen and oxygen atoms in total. The maximum atomic E-state index is 14.2. The Morgan fingerprint density at radius 3 is 1.72 bits per heavy atom. The highest BCUT2D eigenvalue weighted by atomic mass is 19.4. The molecule has 0 bridgehead atoms. The Morgan fingerprint density at radius 1 is 0.814 bits per heavy atom. The molecule has 0 amide bonds. The predicted molar refractivity (Wildman–Crippen MR) is 165 cm³/mol. The van der Waals surface area contributed by atoms with E-state index in [1.807, 2.05) is 0 Å². The molecule has 248 valence electrons. The lowest BCUT2D eigenvalue weighted by molar-refractivity contribution is -0.279. The van der Waals surface area contributed by atoms with Crippen LogP contribution < -0.4 is 0 Å². The Hall–Kier alpha value is -1.64. The van der Waals surface area contributed by atoms with Gasteiger partial charge in [0.2, 0.25) is 0 Å². The zero-order valence-corrected chi connectivity index (χ0v) is 26.6. The van der Waals surface area contributed by atoms with Crippen LogP contribution in [0.15, 0.2) is 30.3 Å². The Labute approximate surface area is 257 Å². The van der Waals surface area contributed by atoms with E-state index in [9.17, 15) is 28.2 Å². The van der Waals surface area contributed by atoms with E-state index in [1.165, 1.54) is 108 Å². The van der Waals surface area contributed by atoms with E-state index < -0.39 is 35.6 Å². The third-order valence-electron chi connectivity index (χ3n) is 8.95. The monoisotopic (exact) mass is 614 g/mol. The van der Waals surface area contributed by atoms with Crippen LogP contribution in [-0.4, -0.2) is 47.3 Å². The van der Waals surface area contributed by atoms with E-state index in [1.54, 1.807) is 6.07 Å². The smallest absolute Gasteiger partial charge is 0.432 e. The molecule has 1 aromatic carbocycles. The summed E-state index contributed by atoms with van der Waals surface area (Å²) in [6.07, 6.45) is 14.6. The molecule has 43 heavy (non-hydrogen) atoms. The minimum atomic E-state index is -5.07. The van der Waals surface area contributed by atoms with Gasteiger partial charge < -0.3 is 19.7 Å². The summed E-state index contributed by atoms with van der Waals surface area (Å²) < 4.78 is 52.8. The molecule has 0 saturated heterocycles. The predicted octanol–water partition coefficient (Wildman–Crippen LogP) is 9.32. The van der Waals surface area contributed by atoms with Crippen molar-refractivity contribution in [3.8, 4) is 0 Å². The van der Waals surface area contributed by atoms with E-state index in [2.05, 4.69) is 6.92 Å². The van der Waals surface area contributed by atoms with Crippen molar-refractivity contribution in [3.63, 3.8) is 0 Å². The Balaban J connectivity index is 1.66. The van der Waals surface area contributed by atoms with Crippen LogP contribution in [0.25, 0.3) is 0 Å². The normalized spacial score (nSPS) is 22.3. The third kappa shape index (κ3) is 12.7. The fraction of sp³-hybridized carbons (Fsp3) is 0.800. The Kier molecular flexibility index (Phi) is 17.2. The summed E-state index contributed by atoms with van der Waals surface area (Å²) >= 11 is 0. The number of ether oxygens (including phenoxy) is 2. The molecule has 2 N–H and O–H groups in total. The first-order chi connectivity index (χ1) is 20.6. The van der Waals surface area contributed by atoms with E-state index >= 15 is 0 Å². The average molecular weight is 615 g/mol. The van der Waals surface area contributed by atoms with Crippen LogP contribution in [0.1, 0.15) is 147 Å². The van der Waals surface area contributed by atoms with E-state index in [4.69, 9.17) is 9.47 Å². The van der Waals surface area contributed by atoms with Crippen LogP contribution >= 0.6 is 0 Å². The third-order valence-corrected chi connectivity index (χ3v) is 8.95. The van der Waals surface area contributed by atoms with Crippen molar-refractivity contribution >= 4 is 5.97 Å². The molecule has 0 heterocycles. The molecule has 8 heteroatoms. The molecule has 2 rings (SSSR count). The second-order valence-electron chi connectivity index (χ2n) is 12.7.